The number of esters is 1. The summed E-state index contributed by atoms with van der Waals surface area (Å²) in [6, 6.07) is 20.8. The van der Waals surface area contributed by atoms with Crippen molar-refractivity contribution in [3.63, 3.8) is 0 Å². The van der Waals surface area contributed by atoms with Gasteiger partial charge in [0.1, 0.15) is 6.61 Å². The third-order valence-electron chi connectivity index (χ3n) is 3.21. The van der Waals surface area contributed by atoms with Crippen molar-refractivity contribution in [1.29, 1.82) is 0 Å². The number of benzene rings is 2. The van der Waals surface area contributed by atoms with E-state index in [0.717, 1.165) is 36.2 Å². The monoisotopic (exact) mass is 374 g/mol. The van der Waals surface area contributed by atoms with E-state index in [-0.39, 0.29) is 5.97 Å². The molecule has 0 heterocycles. The molecule has 0 fully saturated rings. The van der Waals surface area contributed by atoms with Crippen molar-refractivity contribution in [2.45, 2.75) is 5.75 Å². The van der Waals surface area contributed by atoms with Gasteiger partial charge in [-0.25, -0.2) is 4.79 Å². The molecule has 2 aromatic carbocycles. The standard InChI is InChI=1S/C20H22O3S2/c21-20(19-9-5-2-6-10-19)23-13-16-24-14-11-22-12-15-25-17-18-7-3-1-4-8-18/h3-10H,11-17H2. The number of ether oxygens (including phenoxy) is 2. The molecule has 0 amide bonds. The molecule has 0 aliphatic rings. The van der Waals surface area contributed by atoms with Crippen molar-refractivity contribution in [3.8, 4) is 0 Å². The molecule has 0 bridgehead atoms. The summed E-state index contributed by atoms with van der Waals surface area (Å²) < 4.78 is 10.8. The van der Waals surface area contributed by atoms with E-state index in [1.165, 1.54) is 5.56 Å². The predicted octanol–water partition coefficient (Wildman–Crippen LogP) is 4.13. The van der Waals surface area contributed by atoms with E-state index in [2.05, 4.69) is 24.3 Å². The first-order valence-corrected chi connectivity index (χ1v) is 10.5. The van der Waals surface area contributed by atoms with Crippen molar-refractivity contribution >= 4 is 29.5 Å². The van der Waals surface area contributed by atoms with E-state index in [1.54, 1.807) is 36.0 Å². The largest absolute Gasteiger partial charge is 0.461 e. The second kappa shape index (κ2) is 12.9. The second-order valence-corrected chi connectivity index (χ2v) is 7.44. The van der Waals surface area contributed by atoms with Gasteiger partial charge < -0.3 is 9.47 Å². The average molecular weight is 375 g/mol. The Hall–Kier alpha value is -1.43. The van der Waals surface area contributed by atoms with Gasteiger partial charge in [-0.2, -0.15) is 23.5 Å². The highest BCUT2D eigenvalue weighted by Crippen LogP contribution is 2.11. The van der Waals surface area contributed by atoms with Crippen LogP contribution in [0.5, 0.6) is 0 Å². The Kier molecular flexibility index (Phi) is 10.2. The first-order valence-electron chi connectivity index (χ1n) is 8.18. The van der Waals surface area contributed by atoms with Gasteiger partial charge in [-0.15, -0.1) is 0 Å². The lowest BCUT2D eigenvalue weighted by atomic mass is 10.2. The Morgan fingerprint density at radius 1 is 0.840 bits per heavy atom. The number of hydrogen-bond acceptors (Lipinski definition) is 5. The van der Waals surface area contributed by atoms with Crippen LogP contribution in [-0.2, 0) is 15.2 Å². The molecule has 0 unspecified atom stereocenters. The summed E-state index contributed by atoms with van der Waals surface area (Å²) in [7, 11) is 0. The van der Waals surface area contributed by atoms with Gasteiger partial charge in [0, 0.05) is 23.0 Å². The van der Waals surface area contributed by atoms with Gasteiger partial charge in [0.25, 0.3) is 0 Å². The van der Waals surface area contributed by atoms with Crippen LogP contribution in [0.1, 0.15) is 15.9 Å². The quantitative estimate of drug-likeness (QED) is 0.412. The fourth-order valence-corrected chi connectivity index (χ4v) is 3.40. The molecule has 0 aliphatic heterocycles. The minimum absolute atomic E-state index is 0.279. The van der Waals surface area contributed by atoms with E-state index in [9.17, 15) is 4.79 Å². The lowest BCUT2D eigenvalue weighted by Gasteiger charge is -2.06. The molecule has 0 N–H and O–H groups in total. The summed E-state index contributed by atoms with van der Waals surface area (Å²) >= 11 is 3.61. The van der Waals surface area contributed by atoms with Gasteiger partial charge in [0.15, 0.2) is 0 Å². The molecule has 25 heavy (non-hydrogen) atoms. The zero-order chi connectivity index (χ0) is 17.6. The predicted molar refractivity (Wildman–Crippen MR) is 105 cm³/mol. The number of carbonyl (C=O) groups is 1. The lowest BCUT2D eigenvalue weighted by molar-refractivity contribution is 0.0530. The summed E-state index contributed by atoms with van der Waals surface area (Å²) in [5.41, 5.74) is 1.89. The first-order chi connectivity index (χ1) is 12.4. The van der Waals surface area contributed by atoms with Crippen LogP contribution in [0.2, 0.25) is 0 Å². The van der Waals surface area contributed by atoms with Crippen molar-refractivity contribution in [2.75, 3.05) is 37.1 Å². The van der Waals surface area contributed by atoms with Crippen LogP contribution in [0.3, 0.4) is 0 Å². The van der Waals surface area contributed by atoms with E-state index in [4.69, 9.17) is 9.47 Å². The summed E-state index contributed by atoms with van der Waals surface area (Å²) in [5, 5.41) is 0. The minimum atomic E-state index is -0.279. The van der Waals surface area contributed by atoms with E-state index < -0.39 is 0 Å². The summed E-state index contributed by atoms with van der Waals surface area (Å²) in [6.07, 6.45) is 0. The van der Waals surface area contributed by atoms with Gasteiger partial charge in [0.05, 0.1) is 18.8 Å². The van der Waals surface area contributed by atoms with Crippen LogP contribution in [0.25, 0.3) is 0 Å². The second-order valence-electron chi connectivity index (χ2n) is 5.11. The molecule has 0 spiro atoms. The molecule has 0 aliphatic carbocycles. The van der Waals surface area contributed by atoms with Crippen molar-refractivity contribution in [2.24, 2.45) is 0 Å². The zero-order valence-electron chi connectivity index (χ0n) is 14.1. The number of hydrogen-bond donors (Lipinski definition) is 0. The number of thioether (sulfide) groups is 2. The highest BCUT2D eigenvalue weighted by molar-refractivity contribution is 7.99. The van der Waals surface area contributed by atoms with Crippen LogP contribution in [0.15, 0.2) is 48.5 Å². The molecule has 2 radical (unpaired) electrons. The topological polar surface area (TPSA) is 35.5 Å². The van der Waals surface area contributed by atoms with Crippen molar-refractivity contribution in [1.82, 2.24) is 0 Å². The Morgan fingerprint density at radius 3 is 2.16 bits per heavy atom. The molecule has 5 heteroatoms. The normalized spacial score (nSPS) is 10.6. The van der Waals surface area contributed by atoms with Crippen molar-refractivity contribution < 1.29 is 14.3 Å². The molecule has 132 valence electrons. The van der Waals surface area contributed by atoms with Gasteiger partial charge in [-0.1, -0.05) is 36.4 Å². The maximum atomic E-state index is 11.7. The van der Waals surface area contributed by atoms with Crippen molar-refractivity contribution in [3.05, 3.63) is 71.8 Å². The fraction of sp³-hybridized carbons (Fsp3) is 0.350. The molecule has 2 rings (SSSR count). The van der Waals surface area contributed by atoms with Crippen LogP contribution in [-0.4, -0.2) is 43.0 Å². The zero-order valence-corrected chi connectivity index (χ0v) is 15.7. The molecule has 3 nitrogen and oxygen atoms in total. The minimum Gasteiger partial charge on any atom is -0.461 e. The molecular weight excluding hydrogens is 352 g/mol. The Labute approximate surface area is 158 Å². The van der Waals surface area contributed by atoms with Gasteiger partial charge in [-0.3, -0.25) is 0 Å². The molecular formula is C20H22O3S2. The van der Waals surface area contributed by atoms with Gasteiger partial charge >= 0.3 is 5.97 Å². The molecule has 2 aromatic rings. The maximum absolute atomic E-state index is 11.7. The van der Waals surface area contributed by atoms with Gasteiger partial charge in [0.2, 0.25) is 0 Å². The third-order valence-corrected chi connectivity index (χ3v) is 5.12. The highest BCUT2D eigenvalue weighted by atomic mass is 32.2. The summed E-state index contributed by atoms with van der Waals surface area (Å²) in [6.45, 7) is 1.92. The Balaban J connectivity index is 1.37. The summed E-state index contributed by atoms with van der Waals surface area (Å²) in [4.78, 5) is 11.7. The number of carbonyl (C=O) groups excluding carboxylic acids is 1. The third kappa shape index (κ3) is 9.00. The van der Waals surface area contributed by atoms with E-state index in [0.29, 0.717) is 12.2 Å². The van der Waals surface area contributed by atoms with Crippen LogP contribution in [0, 0.1) is 12.1 Å². The molecule has 0 atom stereocenters. The Morgan fingerprint density at radius 2 is 1.44 bits per heavy atom. The SMILES string of the molecule is O=C(OCCSCCOCCSCc1cc[c]cc1)c1cc[c]cc1. The number of rotatable bonds is 12. The van der Waals surface area contributed by atoms with E-state index in [1.807, 2.05) is 23.9 Å². The first kappa shape index (κ1) is 19.9. The van der Waals surface area contributed by atoms with Crippen LogP contribution < -0.4 is 0 Å². The van der Waals surface area contributed by atoms with Crippen LogP contribution >= 0.6 is 23.5 Å². The molecule has 0 aromatic heterocycles. The fourth-order valence-electron chi connectivity index (χ4n) is 1.95. The molecule has 0 saturated carbocycles. The molecule has 0 saturated heterocycles. The lowest BCUT2D eigenvalue weighted by Crippen LogP contribution is -2.08. The van der Waals surface area contributed by atoms with Crippen LogP contribution in [0.4, 0.5) is 0 Å². The van der Waals surface area contributed by atoms with Gasteiger partial charge in [-0.05, 0) is 29.8 Å². The maximum Gasteiger partial charge on any atom is 0.338 e. The van der Waals surface area contributed by atoms with E-state index >= 15 is 0 Å². The smallest absolute Gasteiger partial charge is 0.338 e. The Bertz CT molecular complexity index is 590. The highest BCUT2D eigenvalue weighted by Gasteiger charge is 2.05. The summed E-state index contributed by atoms with van der Waals surface area (Å²) in [5.74, 6) is 3.43. The average Bonchev–Trinajstić information content (AvgIpc) is 2.67.